The van der Waals surface area contributed by atoms with Gasteiger partial charge in [-0.25, -0.2) is 4.39 Å². The first-order chi connectivity index (χ1) is 6.27. The maximum Gasteiger partial charge on any atom is 0.126 e. The van der Waals surface area contributed by atoms with Gasteiger partial charge in [-0.3, -0.25) is 0 Å². The van der Waals surface area contributed by atoms with E-state index in [0.717, 1.165) is 24.8 Å². The molecule has 0 saturated heterocycles. The zero-order valence-corrected chi connectivity index (χ0v) is 7.54. The molecule has 1 nitrogen and oxygen atoms in total. The second-order valence-electron chi connectivity index (χ2n) is 3.79. The average molecular weight is 179 g/mol. The number of benzene rings is 1. The van der Waals surface area contributed by atoms with E-state index in [1.54, 1.807) is 6.07 Å². The maximum absolute atomic E-state index is 13.3. The van der Waals surface area contributed by atoms with Crippen molar-refractivity contribution in [1.82, 2.24) is 0 Å². The van der Waals surface area contributed by atoms with E-state index in [4.69, 9.17) is 5.73 Å². The highest BCUT2D eigenvalue weighted by molar-refractivity contribution is 5.23. The molecule has 0 aromatic heterocycles. The molecule has 0 amide bonds. The van der Waals surface area contributed by atoms with Gasteiger partial charge >= 0.3 is 0 Å². The highest BCUT2D eigenvalue weighted by Gasteiger charge is 2.24. The summed E-state index contributed by atoms with van der Waals surface area (Å²) in [5, 5.41) is 0. The lowest BCUT2D eigenvalue weighted by Gasteiger charge is -2.10. The molecular weight excluding hydrogens is 165 g/mol. The van der Waals surface area contributed by atoms with Gasteiger partial charge in [0.25, 0.3) is 0 Å². The van der Waals surface area contributed by atoms with Gasteiger partial charge in [0, 0.05) is 6.04 Å². The topological polar surface area (TPSA) is 26.0 Å². The molecule has 2 atom stereocenters. The Hall–Kier alpha value is -0.890. The summed E-state index contributed by atoms with van der Waals surface area (Å²) < 4.78 is 13.3. The number of hydrogen-bond acceptors (Lipinski definition) is 1. The van der Waals surface area contributed by atoms with Crippen LogP contribution in [0.25, 0.3) is 0 Å². The summed E-state index contributed by atoms with van der Waals surface area (Å²) in [4.78, 5) is 0. The molecule has 0 heterocycles. The first-order valence-corrected chi connectivity index (χ1v) is 4.77. The predicted octanol–water partition coefficient (Wildman–Crippen LogP) is 2.42. The summed E-state index contributed by atoms with van der Waals surface area (Å²) in [6.07, 6.45) is 2.99. The summed E-state index contributed by atoms with van der Waals surface area (Å²) in [5.74, 6) is 0.262. The van der Waals surface area contributed by atoms with Crippen molar-refractivity contribution in [3.05, 3.63) is 35.6 Å². The standard InChI is InChI=1S/C11H14FN/c12-11-4-2-1-3-10(11)8-5-6-9(13)7-8/h1-4,8-9H,5-7,13H2/t8-,9?/m0/s1. The lowest BCUT2D eigenvalue weighted by atomic mass is 9.97. The molecule has 70 valence electrons. The van der Waals surface area contributed by atoms with E-state index < -0.39 is 0 Å². The number of halogens is 1. The van der Waals surface area contributed by atoms with Crippen LogP contribution in [0.5, 0.6) is 0 Å². The van der Waals surface area contributed by atoms with Gasteiger partial charge in [-0.05, 0) is 36.8 Å². The SMILES string of the molecule is NC1CC[C@H](c2ccccc2F)C1. The van der Waals surface area contributed by atoms with Crippen molar-refractivity contribution in [2.24, 2.45) is 5.73 Å². The minimum absolute atomic E-state index is 0.0819. The lowest BCUT2D eigenvalue weighted by molar-refractivity contribution is 0.576. The van der Waals surface area contributed by atoms with E-state index in [-0.39, 0.29) is 11.9 Å². The fraction of sp³-hybridized carbons (Fsp3) is 0.455. The van der Waals surface area contributed by atoms with Crippen LogP contribution in [0.4, 0.5) is 4.39 Å². The van der Waals surface area contributed by atoms with Crippen LogP contribution >= 0.6 is 0 Å². The van der Waals surface area contributed by atoms with E-state index in [9.17, 15) is 4.39 Å². The van der Waals surface area contributed by atoms with Crippen molar-refractivity contribution < 1.29 is 4.39 Å². The minimum Gasteiger partial charge on any atom is -0.328 e. The highest BCUT2D eigenvalue weighted by Crippen LogP contribution is 2.34. The number of rotatable bonds is 1. The van der Waals surface area contributed by atoms with Crippen molar-refractivity contribution >= 4 is 0 Å². The molecule has 0 bridgehead atoms. The summed E-state index contributed by atoms with van der Waals surface area (Å²) in [7, 11) is 0. The third-order valence-corrected chi connectivity index (χ3v) is 2.82. The fourth-order valence-corrected chi connectivity index (χ4v) is 2.11. The normalized spacial score (nSPS) is 27.8. The van der Waals surface area contributed by atoms with Crippen LogP contribution in [0.2, 0.25) is 0 Å². The van der Waals surface area contributed by atoms with Crippen LogP contribution in [0.1, 0.15) is 30.7 Å². The molecule has 0 spiro atoms. The second kappa shape index (κ2) is 3.46. The van der Waals surface area contributed by atoms with Crippen molar-refractivity contribution in [2.75, 3.05) is 0 Å². The molecule has 1 saturated carbocycles. The van der Waals surface area contributed by atoms with Crippen LogP contribution in [-0.2, 0) is 0 Å². The Balaban J connectivity index is 2.21. The lowest BCUT2D eigenvalue weighted by Crippen LogP contribution is -2.14. The van der Waals surface area contributed by atoms with Crippen molar-refractivity contribution in [2.45, 2.75) is 31.2 Å². The third kappa shape index (κ3) is 1.73. The van der Waals surface area contributed by atoms with Crippen molar-refractivity contribution in [1.29, 1.82) is 0 Å². The molecule has 1 aliphatic carbocycles. The first-order valence-electron chi connectivity index (χ1n) is 4.77. The molecule has 1 aromatic rings. The average Bonchev–Trinajstić information content (AvgIpc) is 2.53. The van der Waals surface area contributed by atoms with E-state index >= 15 is 0 Å². The summed E-state index contributed by atoms with van der Waals surface area (Å²) >= 11 is 0. The van der Waals surface area contributed by atoms with Gasteiger partial charge in [0.15, 0.2) is 0 Å². The molecule has 1 unspecified atom stereocenters. The highest BCUT2D eigenvalue weighted by atomic mass is 19.1. The molecule has 1 fully saturated rings. The van der Waals surface area contributed by atoms with Gasteiger partial charge in [-0.15, -0.1) is 0 Å². The van der Waals surface area contributed by atoms with Crippen molar-refractivity contribution in [3.63, 3.8) is 0 Å². The fourth-order valence-electron chi connectivity index (χ4n) is 2.11. The zero-order valence-electron chi connectivity index (χ0n) is 7.54. The van der Waals surface area contributed by atoms with Crippen LogP contribution in [0.15, 0.2) is 24.3 Å². The second-order valence-corrected chi connectivity index (χ2v) is 3.79. The maximum atomic E-state index is 13.3. The molecule has 2 heteroatoms. The molecule has 2 rings (SSSR count). The quantitative estimate of drug-likeness (QED) is 0.704. The molecule has 1 aromatic carbocycles. The van der Waals surface area contributed by atoms with Crippen LogP contribution in [0, 0.1) is 5.82 Å². The van der Waals surface area contributed by atoms with E-state index in [0.29, 0.717) is 5.92 Å². The van der Waals surface area contributed by atoms with Crippen LogP contribution in [0.3, 0.4) is 0 Å². The van der Waals surface area contributed by atoms with E-state index in [2.05, 4.69) is 0 Å². The Labute approximate surface area is 77.8 Å². The van der Waals surface area contributed by atoms with Gasteiger partial charge < -0.3 is 5.73 Å². The Kier molecular flexibility index (Phi) is 2.32. The Bertz CT molecular complexity index is 298. The summed E-state index contributed by atoms with van der Waals surface area (Å²) in [6.45, 7) is 0. The van der Waals surface area contributed by atoms with Crippen molar-refractivity contribution in [3.8, 4) is 0 Å². The number of nitrogens with two attached hydrogens (primary N) is 1. The summed E-state index contributed by atoms with van der Waals surface area (Å²) in [6, 6.07) is 7.29. The third-order valence-electron chi connectivity index (χ3n) is 2.82. The van der Waals surface area contributed by atoms with Gasteiger partial charge in [0.2, 0.25) is 0 Å². The molecule has 0 radical (unpaired) electrons. The molecule has 0 aliphatic heterocycles. The summed E-state index contributed by atoms with van der Waals surface area (Å²) in [5.41, 5.74) is 6.63. The molecule has 1 aliphatic rings. The first kappa shape index (κ1) is 8.70. The minimum atomic E-state index is -0.0819. The van der Waals surface area contributed by atoms with Crippen LogP contribution in [-0.4, -0.2) is 6.04 Å². The molecule has 2 N–H and O–H groups in total. The van der Waals surface area contributed by atoms with E-state index in [1.807, 2.05) is 12.1 Å². The Morgan fingerprint density at radius 2 is 2.00 bits per heavy atom. The molecular formula is C11H14FN. The smallest absolute Gasteiger partial charge is 0.126 e. The number of hydrogen-bond donors (Lipinski definition) is 1. The zero-order chi connectivity index (χ0) is 9.26. The van der Waals surface area contributed by atoms with Gasteiger partial charge in [0.1, 0.15) is 5.82 Å². The van der Waals surface area contributed by atoms with Crippen LogP contribution < -0.4 is 5.73 Å². The largest absolute Gasteiger partial charge is 0.328 e. The van der Waals surface area contributed by atoms with Gasteiger partial charge in [-0.1, -0.05) is 18.2 Å². The van der Waals surface area contributed by atoms with Gasteiger partial charge in [0.05, 0.1) is 0 Å². The van der Waals surface area contributed by atoms with E-state index in [1.165, 1.54) is 6.07 Å². The monoisotopic (exact) mass is 179 g/mol. The van der Waals surface area contributed by atoms with Gasteiger partial charge in [-0.2, -0.15) is 0 Å². The molecule has 13 heavy (non-hydrogen) atoms. The Morgan fingerprint density at radius 1 is 1.23 bits per heavy atom. The predicted molar refractivity (Wildman–Crippen MR) is 51.0 cm³/mol. The Morgan fingerprint density at radius 3 is 2.62 bits per heavy atom.